The minimum Gasteiger partial charge on any atom is -0.418 e. The van der Waals surface area contributed by atoms with Crippen molar-refractivity contribution < 1.29 is 65.0 Å². The highest BCUT2D eigenvalue weighted by molar-refractivity contribution is 6.50. The predicted octanol–water partition coefficient (Wildman–Crippen LogP) is 24.5. The minimum atomic E-state index is -6.00. The Hall–Kier alpha value is -7.10. The molecule has 3 aromatic heterocycles. The molecule has 0 fully saturated rings. The third kappa shape index (κ3) is 26.0. The largest absolute Gasteiger partial charge is 0.673 e. The molecule has 0 aliphatic rings. The lowest BCUT2D eigenvalue weighted by molar-refractivity contribution is 0.328. The standard InChI is InChI=1S/C69H81O3.3BF4/c1-64(2,3)58-37-49(38-59(70-58)65(4,5)6)22-19-46-25-31-52(32-26-46)55-43-56(53-33-27-47(28-34-53)20-23-50-39-60(66(7,8)9)71-61(40-50)67(10,11)12)45-57(44-55)54-35-29-48(30-36-54)21-24-51-41-62(68(13,14)15)72-63(42-51)69(16,17)18;3*2-1(3,4)5/h19-45H,1-18H3;;;/q+3;3*-1/b22-19+,23-20?,24-21?;;;. The van der Waals surface area contributed by atoms with Crippen LogP contribution in [-0.2, 0) is 32.5 Å². The first kappa shape index (κ1) is 72.4. The Bertz CT molecular complexity index is 2990. The second kappa shape index (κ2) is 27.9. The van der Waals surface area contributed by atoms with Crippen molar-refractivity contribution in [2.45, 2.75) is 157 Å². The Morgan fingerprint density at radius 1 is 0.218 bits per heavy atom. The van der Waals surface area contributed by atoms with Crippen LogP contribution in [0.1, 0.15) is 193 Å². The maximum absolute atomic E-state index is 9.75. The normalized spacial score (nSPS) is 13.0. The van der Waals surface area contributed by atoms with Crippen molar-refractivity contribution in [1.29, 1.82) is 0 Å². The summed E-state index contributed by atoms with van der Waals surface area (Å²) < 4.78 is 136. The molecule has 4 aromatic carbocycles. The van der Waals surface area contributed by atoms with Gasteiger partial charge in [-0.25, -0.2) is 13.3 Å². The number of rotatable bonds is 9. The van der Waals surface area contributed by atoms with Crippen LogP contribution in [0.5, 0.6) is 0 Å². The van der Waals surface area contributed by atoms with Crippen molar-refractivity contribution in [3.63, 3.8) is 0 Å². The molecule has 0 saturated carbocycles. The van der Waals surface area contributed by atoms with Gasteiger partial charge in [-0.2, -0.15) is 0 Å². The first-order valence-corrected chi connectivity index (χ1v) is 28.5. The van der Waals surface area contributed by atoms with E-state index in [1.807, 2.05) is 0 Å². The van der Waals surface area contributed by atoms with E-state index >= 15 is 0 Å². The van der Waals surface area contributed by atoms with E-state index in [1.54, 1.807) is 0 Å². The maximum atomic E-state index is 9.75. The molecular weight excluding hydrogens is 1140 g/mol. The van der Waals surface area contributed by atoms with Crippen LogP contribution in [0.25, 0.3) is 69.8 Å². The Balaban J connectivity index is 0.000000962. The highest BCUT2D eigenvalue weighted by Gasteiger charge is 2.36. The van der Waals surface area contributed by atoms with E-state index in [9.17, 15) is 51.8 Å². The summed E-state index contributed by atoms with van der Waals surface area (Å²) in [6.45, 7) is 39.6. The van der Waals surface area contributed by atoms with Crippen molar-refractivity contribution in [2.75, 3.05) is 0 Å². The third-order valence-electron chi connectivity index (χ3n) is 13.0. The van der Waals surface area contributed by atoms with Crippen LogP contribution in [0.2, 0.25) is 0 Å². The molecule has 87 heavy (non-hydrogen) atoms. The van der Waals surface area contributed by atoms with Crippen LogP contribution >= 0.6 is 0 Å². The van der Waals surface area contributed by atoms with E-state index in [1.165, 1.54) is 0 Å². The van der Waals surface area contributed by atoms with Gasteiger partial charge in [-0.3, -0.25) is 0 Å². The molecule has 0 N–H and O–H groups in total. The summed E-state index contributed by atoms with van der Waals surface area (Å²) in [6, 6.07) is 46.8. The molecule has 0 radical (unpaired) electrons. The smallest absolute Gasteiger partial charge is 0.418 e. The number of hydrogen-bond donors (Lipinski definition) is 0. The van der Waals surface area contributed by atoms with Crippen molar-refractivity contribution in [2.24, 2.45) is 0 Å². The third-order valence-corrected chi connectivity index (χ3v) is 13.0. The summed E-state index contributed by atoms with van der Waals surface area (Å²) in [4.78, 5) is 0. The SMILES string of the molecule is CC(C)(C)c1cc(C=Cc2ccc(-c3cc(-c4ccc(C=Cc5cc(C(C)(C)C)[o+]c(C(C)(C)C)c5)cc4)cc(-c4ccc(/C=C/c5cc(C(C)(C)C)[o+]c(C(C)(C)C)c5)cc4)c3)cc2)cc(C(C)(C)C)[o+]1.F[B-](F)(F)F.F[B-](F)(F)F.F[B-](F)(F)F. The molecule has 0 saturated heterocycles. The Labute approximate surface area is 507 Å². The molecule has 7 aromatic rings. The van der Waals surface area contributed by atoms with E-state index in [0.717, 1.165) is 101 Å². The molecule has 3 heterocycles. The molecule has 468 valence electrons. The van der Waals surface area contributed by atoms with Crippen molar-refractivity contribution >= 4 is 58.2 Å². The highest BCUT2D eigenvalue weighted by Crippen LogP contribution is 2.37. The second-order valence-electron chi connectivity index (χ2n) is 27.5. The molecule has 0 amide bonds. The Kier molecular flexibility index (Phi) is 23.2. The number of halogens is 12. The summed E-state index contributed by atoms with van der Waals surface area (Å²) >= 11 is 0. The van der Waals surface area contributed by atoms with E-state index in [-0.39, 0.29) is 32.5 Å². The molecule has 0 aliphatic heterocycles. The summed E-state index contributed by atoms with van der Waals surface area (Å²) in [5.41, 5.74) is 13.2. The van der Waals surface area contributed by atoms with Crippen molar-refractivity contribution in [3.8, 4) is 33.4 Å². The lowest BCUT2D eigenvalue weighted by Gasteiger charge is -2.14. The zero-order chi connectivity index (χ0) is 66.1. The first-order chi connectivity index (χ1) is 39.4. The van der Waals surface area contributed by atoms with Gasteiger partial charge in [0.25, 0.3) is 0 Å². The van der Waals surface area contributed by atoms with Gasteiger partial charge in [0.2, 0.25) is 0 Å². The van der Waals surface area contributed by atoms with Crippen LogP contribution < -0.4 is 0 Å². The summed E-state index contributed by atoms with van der Waals surface area (Å²) in [5.74, 6) is 5.91. The van der Waals surface area contributed by atoms with Gasteiger partial charge in [-0.05, 0) is 210 Å². The quantitative estimate of drug-likeness (QED) is 0.0821. The predicted molar refractivity (Wildman–Crippen MR) is 342 cm³/mol. The topological polar surface area (TPSA) is 33.9 Å². The average Bonchev–Trinajstić information content (AvgIpc) is 1.10. The Morgan fingerprint density at radius 2 is 0.356 bits per heavy atom. The lowest BCUT2D eigenvalue weighted by atomic mass is 9.88. The van der Waals surface area contributed by atoms with Crippen molar-refractivity contribution in [3.05, 3.63) is 195 Å². The van der Waals surface area contributed by atoms with Gasteiger partial charge in [0.05, 0.1) is 32.5 Å². The first-order valence-electron chi connectivity index (χ1n) is 28.5. The molecule has 3 nitrogen and oxygen atoms in total. The number of benzene rings is 4. The Morgan fingerprint density at radius 3 is 0.494 bits per heavy atom. The van der Waals surface area contributed by atoms with E-state index in [2.05, 4.69) is 288 Å². The van der Waals surface area contributed by atoms with Gasteiger partial charge in [-0.1, -0.05) is 109 Å². The molecule has 0 spiro atoms. The molecule has 0 atom stereocenters. The van der Waals surface area contributed by atoms with E-state index in [0.29, 0.717) is 0 Å². The van der Waals surface area contributed by atoms with Crippen LogP contribution in [0.4, 0.5) is 51.8 Å². The highest BCUT2D eigenvalue weighted by atomic mass is 19.5. The molecule has 18 heteroatoms. The fourth-order valence-electron chi connectivity index (χ4n) is 8.14. The average molecular weight is 1220 g/mol. The molecule has 0 bridgehead atoms. The maximum Gasteiger partial charge on any atom is 0.673 e. The molecule has 0 unspecified atom stereocenters. The molecule has 7 rings (SSSR count). The lowest BCUT2D eigenvalue weighted by Crippen LogP contribution is -2.16. The molecule has 0 aliphatic carbocycles. The fourth-order valence-corrected chi connectivity index (χ4v) is 8.14. The summed E-state index contributed by atoms with van der Waals surface area (Å²) in [7, 11) is -18.0. The van der Waals surface area contributed by atoms with Crippen LogP contribution in [0.15, 0.2) is 141 Å². The minimum absolute atomic E-state index is 0.100. The van der Waals surface area contributed by atoms with Gasteiger partial charge in [0.15, 0.2) is 0 Å². The van der Waals surface area contributed by atoms with Crippen LogP contribution in [-0.4, -0.2) is 21.8 Å². The van der Waals surface area contributed by atoms with Gasteiger partial charge in [0, 0.05) is 36.4 Å². The van der Waals surface area contributed by atoms with Crippen LogP contribution in [0, 0.1) is 0 Å². The number of hydrogen-bond acceptors (Lipinski definition) is 0. The van der Waals surface area contributed by atoms with E-state index in [4.69, 9.17) is 13.3 Å². The molecular formula is C69H81B3F12O3. The van der Waals surface area contributed by atoms with Gasteiger partial charge < -0.3 is 51.8 Å². The monoisotopic (exact) mass is 1220 g/mol. The zero-order valence-electron chi connectivity index (χ0n) is 53.1. The fraction of sp³-hybridized carbons (Fsp3) is 0.348. The van der Waals surface area contributed by atoms with E-state index < -0.39 is 21.8 Å². The summed E-state index contributed by atoms with van der Waals surface area (Å²) in [6.07, 6.45) is 13.2. The van der Waals surface area contributed by atoms with Gasteiger partial charge in [0.1, 0.15) is 0 Å². The zero-order valence-corrected chi connectivity index (χ0v) is 53.1. The summed E-state index contributed by atoms with van der Waals surface area (Å²) in [5, 5.41) is 0. The van der Waals surface area contributed by atoms with Gasteiger partial charge >= 0.3 is 56.3 Å². The van der Waals surface area contributed by atoms with Crippen molar-refractivity contribution in [1.82, 2.24) is 0 Å². The van der Waals surface area contributed by atoms with Gasteiger partial charge in [-0.15, -0.1) is 0 Å². The second-order valence-corrected chi connectivity index (χ2v) is 27.5. The van der Waals surface area contributed by atoms with Crippen LogP contribution in [0.3, 0.4) is 0 Å².